The third-order valence-electron chi connectivity index (χ3n) is 3.40. The van der Waals surface area contributed by atoms with Crippen molar-refractivity contribution < 1.29 is 9.53 Å². The zero-order chi connectivity index (χ0) is 13.2. The molecule has 3 rings (SSSR count). The van der Waals surface area contributed by atoms with Gasteiger partial charge in [0.05, 0.1) is 12.8 Å². The van der Waals surface area contributed by atoms with Gasteiger partial charge in [-0.15, -0.1) is 11.3 Å². The number of benzene rings is 1. The molecular weight excluding hydrogens is 258 g/mol. The molecule has 0 bridgehead atoms. The fraction of sp³-hybridized carbons (Fsp3) is 0.267. The summed E-state index contributed by atoms with van der Waals surface area (Å²) in [5.74, 6) is 1.28. The lowest BCUT2D eigenvalue weighted by atomic mass is 10.2. The quantitative estimate of drug-likeness (QED) is 0.926. The smallest absolute Gasteiger partial charge is 0.228 e. The number of ether oxygens (including phenoxy) is 1. The van der Waals surface area contributed by atoms with Crippen LogP contribution in [0.25, 0.3) is 0 Å². The molecule has 1 fully saturated rings. The van der Waals surface area contributed by atoms with E-state index in [0.29, 0.717) is 11.7 Å². The van der Waals surface area contributed by atoms with Crippen molar-refractivity contribution in [3.8, 4) is 5.75 Å². The number of rotatable bonds is 4. The highest BCUT2D eigenvalue weighted by Gasteiger charge is 2.44. The molecule has 98 valence electrons. The van der Waals surface area contributed by atoms with Crippen molar-refractivity contribution in [2.75, 3.05) is 12.4 Å². The number of para-hydroxylation sites is 2. The number of amides is 1. The van der Waals surface area contributed by atoms with E-state index in [9.17, 15) is 4.79 Å². The van der Waals surface area contributed by atoms with Gasteiger partial charge >= 0.3 is 0 Å². The largest absolute Gasteiger partial charge is 0.495 e. The highest BCUT2D eigenvalue weighted by atomic mass is 32.1. The molecule has 1 aliphatic rings. The van der Waals surface area contributed by atoms with Crippen LogP contribution in [-0.4, -0.2) is 13.0 Å². The first-order valence-electron chi connectivity index (χ1n) is 6.27. The molecule has 1 N–H and O–H groups in total. The topological polar surface area (TPSA) is 38.3 Å². The van der Waals surface area contributed by atoms with Crippen molar-refractivity contribution in [2.24, 2.45) is 5.92 Å². The number of methoxy groups -OCH3 is 1. The molecule has 0 radical (unpaired) electrons. The molecule has 1 heterocycles. The number of nitrogens with one attached hydrogen (secondary N) is 1. The van der Waals surface area contributed by atoms with Crippen LogP contribution < -0.4 is 10.1 Å². The minimum Gasteiger partial charge on any atom is -0.495 e. The van der Waals surface area contributed by atoms with Gasteiger partial charge in [-0.2, -0.15) is 0 Å². The molecule has 2 unspecified atom stereocenters. The molecule has 0 saturated heterocycles. The fourth-order valence-corrected chi connectivity index (χ4v) is 3.18. The fourth-order valence-electron chi connectivity index (χ4n) is 2.27. The van der Waals surface area contributed by atoms with Gasteiger partial charge in [-0.3, -0.25) is 4.79 Å². The molecule has 2 aromatic rings. The number of hydrogen-bond donors (Lipinski definition) is 1. The molecule has 2 atom stereocenters. The number of thiophene rings is 1. The van der Waals surface area contributed by atoms with Crippen LogP contribution in [0.1, 0.15) is 17.2 Å². The van der Waals surface area contributed by atoms with Crippen LogP contribution in [0.4, 0.5) is 5.69 Å². The van der Waals surface area contributed by atoms with E-state index < -0.39 is 0 Å². The van der Waals surface area contributed by atoms with Gasteiger partial charge in [0.25, 0.3) is 0 Å². The van der Waals surface area contributed by atoms with E-state index >= 15 is 0 Å². The van der Waals surface area contributed by atoms with E-state index in [2.05, 4.69) is 16.8 Å². The second kappa shape index (κ2) is 5.05. The molecule has 1 aromatic heterocycles. The van der Waals surface area contributed by atoms with Crippen LogP contribution in [0.3, 0.4) is 0 Å². The van der Waals surface area contributed by atoms with Crippen molar-refractivity contribution in [1.82, 2.24) is 0 Å². The Kier molecular flexibility index (Phi) is 3.25. The molecule has 1 aromatic carbocycles. The summed E-state index contributed by atoms with van der Waals surface area (Å²) in [5, 5.41) is 5.01. The van der Waals surface area contributed by atoms with Crippen molar-refractivity contribution in [3.05, 3.63) is 46.7 Å². The Morgan fingerprint density at radius 1 is 1.32 bits per heavy atom. The number of carbonyl (C=O) groups excluding carboxylic acids is 1. The third-order valence-corrected chi connectivity index (χ3v) is 4.40. The summed E-state index contributed by atoms with van der Waals surface area (Å²) in [6, 6.07) is 11.6. The molecule has 0 spiro atoms. The summed E-state index contributed by atoms with van der Waals surface area (Å²) >= 11 is 1.72. The highest BCUT2D eigenvalue weighted by Crippen LogP contribution is 2.49. The summed E-state index contributed by atoms with van der Waals surface area (Å²) in [6.07, 6.45) is 0.946. The Hall–Kier alpha value is -1.81. The Morgan fingerprint density at radius 2 is 2.16 bits per heavy atom. The van der Waals surface area contributed by atoms with Crippen molar-refractivity contribution in [2.45, 2.75) is 12.3 Å². The van der Waals surface area contributed by atoms with Crippen LogP contribution in [-0.2, 0) is 4.79 Å². The van der Waals surface area contributed by atoms with E-state index in [1.54, 1.807) is 18.4 Å². The maximum atomic E-state index is 12.2. The molecule has 4 heteroatoms. The average molecular weight is 273 g/mol. The van der Waals surface area contributed by atoms with Gasteiger partial charge < -0.3 is 10.1 Å². The van der Waals surface area contributed by atoms with Gasteiger partial charge in [-0.05, 0) is 30.0 Å². The van der Waals surface area contributed by atoms with Crippen LogP contribution in [0.5, 0.6) is 5.75 Å². The maximum Gasteiger partial charge on any atom is 0.228 e. The van der Waals surface area contributed by atoms with Gasteiger partial charge in [-0.25, -0.2) is 0 Å². The standard InChI is InChI=1S/C15H15NO2S/c1-18-13-6-3-2-5-12(13)16-15(17)11-9-10(11)14-7-4-8-19-14/h2-8,10-11H,9H2,1H3,(H,16,17). The Morgan fingerprint density at radius 3 is 2.89 bits per heavy atom. The summed E-state index contributed by atoms with van der Waals surface area (Å²) in [6.45, 7) is 0. The van der Waals surface area contributed by atoms with Gasteiger partial charge in [-0.1, -0.05) is 18.2 Å². The SMILES string of the molecule is COc1ccccc1NC(=O)C1CC1c1cccs1. The van der Waals surface area contributed by atoms with Crippen molar-refractivity contribution in [3.63, 3.8) is 0 Å². The van der Waals surface area contributed by atoms with E-state index in [0.717, 1.165) is 12.1 Å². The van der Waals surface area contributed by atoms with Gasteiger partial charge in [0.1, 0.15) is 5.75 Å². The van der Waals surface area contributed by atoms with Crippen LogP contribution >= 0.6 is 11.3 Å². The highest BCUT2D eigenvalue weighted by molar-refractivity contribution is 7.10. The van der Waals surface area contributed by atoms with Crippen LogP contribution in [0, 0.1) is 5.92 Å². The first-order valence-corrected chi connectivity index (χ1v) is 7.15. The lowest BCUT2D eigenvalue weighted by molar-refractivity contribution is -0.117. The second-order valence-corrected chi connectivity index (χ2v) is 5.63. The van der Waals surface area contributed by atoms with Crippen molar-refractivity contribution in [1.29, 1.82) is 0 Å². The predicted octanol–water partition coefficient (Wildman–Crippen LogP) is 3.50. The summed E-state index contributed by atoms with van der Waals surface area (Å²) < 4.78 is 5.23. The normalized spacial score (nSPS) is 20.9. The summed E-state index contributed by atoms with van der Waals surface area (Å²) in [7, 11) is 1.61. The maximum absolute atomic E-state index is 12.2. The summed E-state index contributed by atoms with van der Waals surface area (Å²) in [5.41, 5.74) is 0.742. The number of carbonyl (C=O) groups is 1. The van der Waals surface area contributed by atoms with Crippen LogP contribution in [0.2, 0.25) is 0 Å². The van der Waals surface area contributed by atoms with E-state index in [1.165, 1.54) is 4.88 Å². The van der Waals surface area contributed by atoms with Gasteiger partial charge in [0.15, 0.2) is 0 Å². The Labute approximate surface area is 116 Å². The molecular formula is C15H15NO2S. The lowest BCUT2D eigenvalue weighted by Gasteiger charge is -2.09. The number of anilines is 1. The van der Waals surface area contributed by atoms with Crippen molar-refractivity contribution >= 4 is 22.9 Å². The molecule has 0 aliphatic heterocycles. The van der Waals surface area contributed by atoms with Gasteiger partial charge in [0, 0.05) is 16.7 Å². The third kappa shape index (κ3) is 2.49. The molecule has 3 nitrogen and oxygen atoms in total. The Balaban J connectivity index is 1.67. The van der Waals surface area contributed by atoms with E-state index in [4.69, 9.17) is 4.74 Å². The average Bonchev–Trinajstić information content (AvgIpc) is 3.06. The first-order chi connectivity index (χ1) is 9.29. The molecule has 1 amide bonds. The monoisotopic (exact) mass is 273 g/mol. The second-order valence-electron chi connectivity index (χ2n) is 4.65. The minimum atomic E-state index is 0.0860. The van der Waals surface area contributed by atoms with E-state index in [1.807, 2.05) is 30.3 Å². The zero-order valence-electron chi connectivity index (χ0n) is 10.6. The molecule has 1 aliphatic carbocycles. The number of hydrogen-bond acceptors (Lipinski definition) is 3. The molecule has 1 saturated carbocycles. The van der Waals surface area contributed by atoms with Crippen LogP contribution in [0.15, 0.2) is 41.8 Å². The lowest BCUT2D eigenvalue weighted by Crippen LogP contribution is -2.15. The van der Waals surface area contributed by atoms with E-state index in [-0.39, 0.29) is 11.8 Å². The zero-order valence-corrected chi connectivity index (χ0v) is 11.4. The first kappa shape index (κ1) is 12.2. The predicted molar refractivity (Wildman–Crippen MR) is 76.8 cm³/mol. The minimum absolute atomic E-state index is 0.0860. The summed E-state index contributed by atoms with van der Waals surface area (Å²) in [4.78, 5) is 13.5. The Bertz CT molecular complexity index is 580. The molecule has 19 heavy (non-hydrogen) atoms. The van der Waals surface area contributed by atoms with Gasteiger partial charge in [0.2, 0.25) is 5.91 Å².